The zero-order valence-corrected chi connectivity index (χ0v) is 13.2. The van der Waals surface area contributed by atoms with Crippen LogP contribution in [0.1, 0.15) is 0 Å². The minimum atomic E-state index is -0.445. The molecule has 0 radical (unpaired) electrons. The second-order valence-electron chi connectivity index (χ2n) is 5.51. The Morgan fingerprint density at radius 2 is 2.00 bits per heavy atom. The molecule has 24 heavy (non-hydrogen) atoms. The Balaban J connectivity index is 1.62. The highest BCUT2D eigenvalue weighted by molar-refractivity contribution is 7.13. The minimum Gasteiger partial charge on any atom is -0.408 e. The number of thiazole rings is 1. The second-order valence-corrected chi connectivity index (χ2v) is 6.37. The lowest BCUT2D eigenvalue weighted by atomic mass is 10.1. The van der Waals surface area contributed by atoms with Gasteiger partial charge in [0.15, 0.2) is 5.58 Å². The molecule has 0 spiro atoms. The van der Waals surface area contributed by atoms with Gasteiger partial charge in [0.1, 0.15) is 5.01 Å². The van der Waals surface area contributed by atoms with E-state index in [0.29, 0.717) is 11.1 Å². The lowest BCUT2D eigenvalue weighted by molar-refractivity contribution is 0.555. The van der Waals surface area contributed by atoms with Gasteiger partial charge in [0.25, 0.3) is 0 Å². The van der Waals surface area contributed by atoms with Gasteiger partial charge in [-0.1, -0.05) is 24.3 Å². The van der Waals surface area contributed by atoms with Gasteiger partial charge in [-0.05, 0) is 18.2 Å². The first-order chi connectivity index (χ1) is 11.8. The molecule has 5 rings (SSSR count). The Morgan fingerprint density at radius 1 is 1.08 bits per heavy atom. The van der Waals surface area contributed by atoms with Crippen LogP contribution in [0.3, 0.4) is 0 Å². The molecule has 3 aromatic heterocycles. The number of nitrogens with one attached hydrogen (secondary N) is 2. The van der Waals surface area contributed by atoms with Gasteiger partial charge < -0.3 is 9.40 Å². The lowest BCUT2D eigenvalue weighted by Gasteiger charge is -1.96. The normalized spacial score (nSPS) is 11.5. The molecule has 0 amide bonds. The highest BCUT2D eigenvalue weighted by atomic mass is 32.1. The molecule has 0 unspecified atom stereocenters. The molecule has 0 bridgehead atoms. The maximum atomic E-state index is 11.3. The molecule has 0 atom stereocenters. The lowest BCUT2D eigenvalue weighted by Crippen LogP contribution is -1.92. The minimum absolute atomic E-state index is 0.445. The van der Waals surface area contributed by atoms with Crippen LogP contribution in [0.2, 0.25) is 0 Å². The number of fused-ring (bicyclic) bond motifs is 2. The molecule has 2 aromatic carbocycles. The van der Waals surface area contributed by atoms with Crippen molar-refractivity contribution in [3.05, 3.63) is 64.6 Å². The van der Waals surface area contributed by atoms with Gasteiger partial charge in [0, 0.05) is 33.6 Å². The summed E-state index contributed by atoms with van der Waals surface area (Å²) in [5.41, 5.74) is 5.21. The van der Waals surface area contributed by atoms with E-state index in [0.717, 1.165) is 32.7 Å². The SMILES string of the molecule is O=c1[nH]c2ccc(-c3csc(-c4c[nH]c5ccccc45)n3)cc2o1. The Bertz CT molecular complexity index is 1240. The molecule has 0 fully saturated rings. The smallest absolute Gasteiger partial charge is 0.408 e. The number of hydrogen-bond acceptors (Lipinski definition) is 4. The topological polar surface area (TPSA) is 74.7 Å². The van der Waals surface area contributed by atoms with Crippen LogP contribution in [-0.4, -0.2) is 15.0 Å². The molecule has 3 heterocycles. The van der Waals surface area contributed by atoms with Crippen LogP contribution in [0, 0.1) is 0 Å². The third kappa shape index (κ3) is 2.00. The summed E-state index contributed by atoms with van der Waals surface area (Å²) in [7, 11) is 0. The highest BCUT2D eigenvalue weighted by Gasteiger charge is 2.12. The fourth-order valence-electron chi connectivity index (χ4n) is 2.88. The summed E-state index contributed by atoms with van der Waals surface area (Å²) in [6, 6.07) is 13.8. The van der Waals surface area contributed by atoms with Crippen molar-refractivity contribution in [2.45, 2.75) is 0 Å². The largest absolute Gasteiger partial charge is 0.417 e. The average Bonchev–Trinajstić information content (AvgIpc) is 3.30. The van der Waals surface area contributed by atoms with Crippen LogP contribution in [0.25, 0.3) is 43.8 Å². The van der Waals surface area contributed by atoms with Gasteiger partial charge in [0.05, 0.1) is 11.2 Å². The van der Waals surface area contributed by atoms with E-state index in [-0.39, 0.29) is 0 Å². The third-order valence-corrected chi connectivity index (χ3v) is 4.92. The zero-order valence-electron chi connectivity index (χ0n) is 12.4. The van der Waals surface area contributed by atoms with Crippen molar-refractivity contribution < 1.29 is 4.42 Å². The first-order valence-corrected chi connectivity index (χ1v) is 8.31. The Labute approximate surface area is 139 Å². The van der Waals surface area contributed by atoms with E-state index in [1.165, 1.54) is 0 Å². The third-order valence-electron chi connectivity index (χ3n) is 4.04. The number of H-pyrrole nitrogens is 2. The molecule has 6 heteroatoms. The summed E-state index contributed by atoms with van der Waals surface area (Å²) in [5.74, 6) is -0.445. The molecule has 5 nitrogen and oxygen atoms in total. The molecule has 0 saturated carbocycles. The van der Waals surface area contributed by atoms with E-state index < -0.39 is 5.76 Å². The number of rotatable bonds is 2. The molecule has 0 aliphatic heterocycles. The van der Waals surface area contributed by atoms with Crippen LogP contribution in [0.4, 0.5) is 0 Å². The quantitative estimate of drug-likeness (QED) is 0.503. The predicted octanol–water partition coefficient (Wildman–Crippen LogP) is 4.39. The summed E-state index contributed by atoms with van der Waals surface area (Å²) >= 11 is 1.60. The maximum absolute atomic E-state index is 11.3. The molecular formula is C18H11N3O2S. The molecule has 0 saturated heterocycles. The van der Waals surface area contributed by atoms with Crippen LogP contribution in [0.5, 0.6) is 0 Å². The van der Waals surface area contributed by atoms with Crippen LogP contribution < -0.4 is 5.76 Å². The number of benzene rings is 2. The molecule has 2 N–H and O–H groups in total. The van der Waals surface area contributed by atoms with Crippen LogP contribution in [-0.2, 0) is 0 Å². The Kier molecular flexibility index (Phi) is 2.74. The van der Waals surface area contributed by atoms with Gasteiger partial charge >= 0.3 is 5.76 Å². The first-order valence-electron chi connectivity index (χ1n) is 7.43. The predicted molar refractivity (Wildman–Crippen MR) is 95.2 cm³/mol. The monoisotopic (exact) mass is 333 g/mol. The van der Waals surface area contributed by atoms with Crippen molar-refractivity contribution in [1.82, 2.24) is 15.0 Å². The number of nitrogens with zero attached hydrogens (tertiary/aromatic N) is 1. The summed E-state index contributed by atoms with van der Waals surface area (Å²) < 4.78 is 5.13. The number of para-hydroxylation sites is 1. The summed E-state index contributed by atoms with van der Waals surface area (Å²) in [4.78, 5) is 22.0. The highest BCUT2D eigenvalue weighted by Crippen LogP contribution is 2.33. The van der Waals surface area contributed by atoms with Crippen molar-refractivity contribution in [2.75, 3.05) is 0 Å². The van der Waals surface area contributed by atoms with Crippen molar-refractivity contribution in [2.24, 2.45) is 0 Å². The fraction of sp³-hybridized carbons (Fsp3) is 0. The molecule has 116 valence electrons. The average molecular weight is 333 g/mol. The van der Waals surface area contributed by atoms with Crippen LogP contribution in [0.15, 0.2) is 63.3 Å². The van der Waals surface area contributed by atoms with Crippen molar-refractivity contribution in [3.63, 3.8) is 0 Å². The molecular weight excluding hydrogens is 322 g/mol. The molecule has 5 aromatic rings. The van der Waals surface area contributed by atoms with Crippen molar-refractivity contribution in [3.8, 4) is 21.8 Å². The van der Waals surface area contributed by atoms with Gasteiger partial charge in [-0.2, -0.15) is 0 Å². The zero-order chi connectivity index (χ0) is 16.1. The summed E-state index contributed by atoms with van der Waals surface area (Å²) in [6.07, 6.45) is 1.99. The second kappa shape index (κ2) is 4.94. The van der Waals surface area contributed by atoms with Gasteiger partial charge in [-0.15, -0.1) is 11.3 Å². The number of aromatic amines is 2. The van der Waals surface area contributed by atoms with E-state index in [9.17, 15) is 4.79 Å². The summed E-state index contributed by atoms with van der Waals surface area (Å²) in [5, 5.41) is 4.13. The van der Waals surface area contributed by atoms with E-state index in [1.807, 2.05) is 41.9 Å². The summed E-state index contributed by atoms with van der Waals surface area (Å²) in [6.45, 7) is 0. The number of aromatic nitrogens is 3. The first kappa shape index (κ1) is 13.3. The molecule has 0 aliphatic rings. The fourth-order valence-corrected chi connectivity index (χ4v) is 3.74. The van der Waals surface area contributed by atoms with Gasteiger partial charge in [-0.25, -0.2) is 9.78 Å². The van der Waals surface area contributed by atoms with Crippen LogP contribution >= 0.6 is 11.3 Å². The Morgan fingerprint density at radius 3 is 2.96 bits per heavy atom. The van der Waals surface area contributed by atoms with E-state index >= 15 is 0 Å². The molecule has 0 aliphatic carbocycles. The van der Waals surface area contributed by atoms with E-state index in [4.69, 9.17) is 9.40 Å². The van der Waals surface area contributed by atoms with Crippen molar-refractivity contribution >= 4 is 33.3 Å². The van der Waals surface area contributed by atoms with Crippen molar-refractivity contribution in [1.29, 1.82) is 0 Å². The van der Waals surface area contributed by atoms with Gasteiger partial charge in [0.2, 0.25) is 0 Å². The Hall–Kier alpha value is -3.12. The number of hydrogen-bond donors (Lipinski definition) is 2. The standard InChI is InChI=1S/C18H11N3O2S/c22-18-21-14-6-5-10(7-16(14)23-18)15-9-24-17(20-15)12-8-19-13-4-2-1-3-11(12)13/h1-9,19H,(H,21,22). The van der Waals surface area contributed by atoms with Gasteiger partial charge in [-0.3, -0.25) is 4.98 Å². The number of oxazole rings is 1. The van der Waals surface area contributed by atoms with E-state index in [2.05, 4.69) is 22.1 Å². The maximum Gasteiger partial charge on any atom is 0.417 e. The van der Waals surface area contributed by atoms with E-state index in [1.54, 1.807) is 11.3 Å².